The third-order valence-electron chi connectivity index (χ3n) is 5.09. The molecule has 4 rings (SSSR count). The summed E-state index contributed by atoms with van der Waals surface area (Å²) in [6.07, 6.45) is 2.74. The van der Waals surface area contributed by atoms with E-state index in [0.29, 0.717) is 0 Å². The molecule has 0 unspecified atom stereocenters. The molecular formula is C21H25N3O2S. The number of benzene rings is 1. The zero-order chi connectivity index (χ0) is 18.6. The number of rotatable bonds is 5. The number of ether oxygens (including phenoxy) is 1. The van der Waals surface area contributed by atoms with E-state index in [1.807, 2.05) is 17.0 Å². The summed E-state index contributed by atoms with van der Waals surface area (Å²) in [5.74, 6) is 2.11. The van der Waals surface area contributed by atoms with Gasteiger partial charge in [-0.2, -0.15) is 0 Å². The van der Waals surface area contributed by atoms with Crippen molar-refractivity contribution in [3.63, 3.8) is 0 Å². The van der Waals surface area contributed by atoms with Crippen LogP contribution in [0.4, 0.5) is 0 Å². The van der Waals surface area contributed by atoms with Crippen molar-refractivity contribution in [2.24, 2.45) is 0 Å². The highest BCUT2D eigenvalue weighted by molar-refractivity contribution is 7.99. The van der Waals surface area contributed by atoms with Gasteiger partial charge in [0.1, 0.15) is 5.75 Å². The molecular weight excluding hydrogens is 358 g/mol. The van der Waals surface area contributed by atoms with Gasteiger partial charge in [0, 0.05) is 50.9 Å². The zero-order valence-corrected chi connectivity index (χ0v) is 16.5. The molecule has 0 aliphatic carbocycles. The molecule has 1 amide bonds. The van der Waals surface area contributed by atoms with Crippen LogP contribution in [0.25, 0.3) is 0 Å². The van der Waals surface area contributed by atoms with Crippen molar-refractivity contribution in [1.29, 1.82) is 0 Å². The van der Waals surface area contributed by atoms with E-state index in [1.54, 1.807) is 18.0 Å². The van der Waals surface area contributed by atoms with Gasteiger partial charge in [0.05, 0.1) is 11.6 Å². The first-order valence-corrected chi connectivity index (χ1v) is 10.6. The first kappa shape index (κ1) is 18.3. The summed E-state index contributed by atoms with van der Waals surface area (Å²) >= 11 is 1.66. The summed E-state index contributed by atoms with van der Waals surface area (Å²) in [6, 6.07) is 10.2. The molecule has 1 aromatic carbocycles. The maximum atomic E-state index is 12.8. The fourth-order valence-electron chi connectivity index (χ4n) is 3.66. The van der Waals surface area contributed by atoms with Crippen molar-refractivity contribution in [2.45, 2.75) is 24.9 Å². The Morgan fingerprint density at radius 2 is 2.04 bits per heavy atom. The molecule has 2 aliphatic heterocycles. The lowest BCUT2D eigenvalue weighted by Gasteiger charge is -2.34. The van der Waals surface area contributed by atoms with E-state index in [9.17, 15) is 4.79 Å². The van der Waals surface area contributed by atoms with Gasteiger partial charge in [0.25, 0.3) is 5.91 Å². The molecule has 0 N–H and O–H groups in total. The van der Waals surface area contributed by atoms with Gasteiger partial charge in [-0.15, -0.1) is 11.8 Å². The molecule has 0 spiro atoms. The van der Waals surface area contributed by atoms with Gasteiger partial charge in [-0.05, 0) is 35.1 Å². The second kappa shape index (κ2) is 8.31. The van der Waals surface area contributed by atoms with Crippen molar-refractivity contribution < 1.29 is 9.53 Å². The van der Waals surface area contributed by atoms with E-state index in [2.05, 4.69) is 35.0 Å². The number of thioether (sulfide) groups is 1. The van der Waals surface area contributed by atoms with E-state index >= 15 is 0 Å². The minimum absolute atomic E-state index is 0.115. The van der Waals surface area contributed by atoms with E-state index in [-0.39, 0.29) is 5.91 Å². The Hall–Kier alpha value is -2.05. The Balaban J connectivity index is 1.33. The predicted octanol–water partition coefficient (Wildman–Crippen LogP) is 3.09. The highest BCUT2D eigenvalue weighted by Gasteiger charge is 2.23. The molecule has 27 heavy (non-hydrogen) atoms. The van der Waals surface area contributed by atoms with Crippen LogP contribution >= 0.6 is 11.8 Å². The van der Waals surface area contributed by atoms with Crippen LogP contribution in [0, 0.1) is 0 Å². The second-order valence-electron chi connectivity index (χ2n) is 6.92. The predicted molar refractivity (Wildman–Crippen MR) is 107 cm³/mol. The average molecular weight is 384 g/mol. The number of amides is 1. The lowest BCUT2D eigenvalue weighted by molar-refractivity contribution is 0.0628. The number of carbonyl (C=O) groups is 1. The largest absolute Gasteiger partial charge is 0.493 e. The molecule has 1 saturated heterocycles. The van der Waals surface area contributed by atoms with Gasteiger partial charge < -0.3 is 9.64 Å². The average Bonchev–Trinajstić information content (AvgIpc) is 3.16. The van der Waals surface area contributed by atoms with Crippen molar-refractivity contribution in [3.8, 4) is 5.75 Å². The van der Waals surface area contributed by atoms with E-state index in [4.69, 9.17) is 4.74 Å². The van der Waals surface area contributed by atoms with Gasteiger partial charge >= 0.3 is 0 Å². The minimum Gasteiger partial charge on any atom is -0.493 e. The van der Waals surface area contributed by atoms with E-state index < -0.39 is 0 Å². The molecule has 2 aromatic rings. The molecule has 6 heteroatoms. The third-order valence-corrected chi connectivity index (χ3v) is 5.90. The maximum Gasteiger partial charge on any atom is 0.254 e. The number of pyridine rings is 1. The zero-order valence-electron chi connectivity index (χ0n) is 15.7. The molecule has 2 aliphatic rings. The molecule has 142 valence electrons. The Bertz CT molecular complexity index is 819. The molecule has 3 heterocycles. The quantitative estimate of drug-likeness (QED) is 0.743. The Morgan fingerprint density at radius 3 is 2.85 bits per heavy atom. The van der Waals surface area contributed by atoms with Crippen LogP contribution in [0.3, 0.4) is 0 Å². The van der Waals surface area contributed by atoms with Crippen LogP contribution in [-0.4, -0.2) is 59.2 Å². The van der Waals surface area contributed by atoms with Crippen molar-refractivity contribution >= 4 is 17.7 Å². The number of fused-ring (bicyclic) bond motifs is 1. The monoisotopic (exact) mass is 383 g/mol. The standard InChI is InChI=1S/C21H25N3O2S/c1-2-27-20-14-18(5-7-22-20)21(25)24-10-8-23(9-11-24)15-16-3-4-19-17(13-16)6-12-26-19/h3-5,7,13-14H,2,6,8-12,15H2,1H3. The van der Waals surface area contributed by atoms with E-state index in [0.717, 1.165) is 67.8 Å². The first-order chi connectivity index (χ1) is 13.2. The summed E-state index contributed by atoms with van der Waals surface area (Å²) in [5, 5.41) is 0.919. The van der Waals surface area contributed by atoms with Gasteiger partial charge in [-0.25, -0.2) is 4.98 Å². The highest BCUT2D eigenvalue weighted by Crippen LogP contribution is 2.26. The van der Waals surface area contributed by atoms with Gasteiger partial charge in [-0.3, -0.25) is 9.69 Å². The highest BCUT2D eigenvalue weighted by atomic mass is 32.2. The smallest absolute Gasteiger partial charge is 0.254 e. The molecule has 0 radical (unpaired) electrons. The van der Waals surface area contributed by atoms with Gasteiger partial charge in [-0.1, -0.05) is 19.1 Å². The summed E-state index contributed by atoms with van der Waals surface area (Å²) in [7, 11) is 0. The van der Waals surface area contributed by atoms with Crippen LogP contribution in [0.5, 0.6) is 5.75 Å². The Labute approximate surface area is 164 Å². The summed E-state index contributed by atoms with van der Waals surface area (Å²) < 4.78 is 5.59. The van der Waals surface area contributed by atoms with Crippen LogP contribution in [0.1, 0.15) is 28.4 Å². The van der Waals surface area contributed by atoms with E-state index in [1.165, 1.54) is 11.1 Å². The van der Waals surface area contributed by atoms with Crippen molar-refractivity contribution in [1.82, 2.24) is 14.8 Å². The SMILES string of the molecule is CCSc1cc(C(=O)N2CCN(Cc3ccc4c(c3)CCO4)CC2)ccn1. The fraction of sp³-hybridized carbons (Fsp3) is 0.429. The van der Waals surface area contributed by atoms with Crippen LogP contribution in [0.2, 0.25) is 0 Å². The third kappa shape index (κ3) is 4.28. The van der Waals surface area contributed by atoms with Gasteiger partial charge in [0.15, 0.2) is 0 Å². The molecule has 5 nitrogen and oxygen atoms in total. The number of carbonyl (C=O) groups excluding carboxylic acids is 1. The van der Waals surface area contributed by atoms with Crippen LogP contribution in [0.15, 0.2) is 41.6 Å². The number of hydrogen-bond donors (Lipinski definition) is 0. The summed E-state index contributed by atoms with van der Waals surface area (Å²) in [6.45, 7) is 7.17. The fourth-order valence-corrected chi connectivity index (χ4v) is 4.30. The van der Waals surface area contributed by atoms with Crippen molar-refractivity contribution in [3.05, 3.63) is 53.2 Å². The number of piperazine rings is 1. The topological polar surface area (TPSA) is 45.7 Å². The molecule has 1 fully saturated rings. The summed E-state index contributed by atoms with van der Waals surface area (Å²) in [5.41, 5.74) is 3.39. The van der Waals surface area contributed by atoms with Crippen LogP contribution < -0.4 is 4.74 Å². The number of nitrogens with zero attached hydrogens (tertiary/aromatic N) is 3. The first-order valence-electron chi connectivity index (χ1n) is 9.58. The molecule has 0 bridgehead atoms. The number of hydrogen-bond acceptors (Lipinski definition) is 5. The van der Waals surface area contributed by atoms with Crippen LogP contribution in [-0.2, 0) is 13.0 Å². The molecule has 0 saturated carbocycles. The normalized spacial score (nSPS) is 16.9. The number of aromatic nitrogens is 1. The van der Waals surface area contributed by atoms with Crippen molar-refractivity contribution in [2.75, 3.05) is 38.5 Å². The maximum absolute atomic E-state index is 12.8. The second-order valence-corrected chi connectivity index (χ2v) is 8.21. The van der Waals surface area contributed by atoms with Gasteiger partial charge in [0.2, 0.25) is 0 Å². The Morgan fingerprint density at radius 1 is 1.19 bits per heavy atom. The lowest BCUT2D eigenvalue weighted by Crippen LogP contribution is -2.48. The summed E-state index contributed by atoms with van der Waals surface area (Å²) in [4.78, 5) is 21.5. The molecule has 1 aromatic heterocycles. The minimum atomic E-state index is 0.115. The lowest BCUT2D eigenvalue weighted by atomic mass is 10.1. The Kier molecular flexibility index (Phi) is 5.64. The molecule has 0 atom stereocenters.